The lowest BCUT2D eigenvalue weighted by molar-refractivity contribution is -0.116. The largest absolute Gasteiger partial charge is 0.478 e. The normalized spacial score (nSPS) is 15.8. The second-order valence-corrected chi connectivity index (χ2v) is 12.9. The van der Waals surface area contributed by atoms with Crippen LogP contribution in [0.15, 0.2) is 91.4 Å². The van der Waals surface area contributed by atoms with Crippen LogP contribution in [0.25, 0.3) is 34.8 Å². The van der Waals surface area contributed by atoms with E-state index in [0.717, 1.165) is 5.56 Å². The zero-order valence-electron chi connectivity index (χ0n) is 23.8. The van der Waals surface area contributed by atoms with E-state index in [2.05, 4.69) is 16.0 Å². The molecule has 4 heterocycles. The van der Waals surface area contributed by atoms with Gasteiger partial charge in [0.25, 0.3) is 17.7 Å². The summed E-state index contributed by atoms with van der Waals surface area (Å²) < 4.78 is 12.3. The van der Waals surface area contributed by atoms with Gasteiger partial charge in [0.15, 0.2) is 0 Å². The maximum absolute atomic E-state index is 11.9. The van der Waals surface area contributed by atoms with E-state index in [4.69, 9.17) is 38.4 Å². The van der Waals surface area contributed by atoms with Crippen molar-refractivity contribution in [2.45, 2.75) is 6.92 Å². The van der Waals surface area contributed by atoms with Crippen LogP contribution in [0.3, 0.4) is 0 Å². The van der Waals surface area contributed by atoms with E-state index >= 15 is 0 Å². The molecular weight excluding hydrogens is 667 g/mol. The average molecular weight is 690 g/mol. The van der Waals surface area contributed by atoms with Gasteiger partial charge in [-0.25, -0.2) is 4.79 Å². The first-order valence-electron chi connectivity index (χ1n) is 13.5. The molecule has 0 spiro atoms. The van der Waals surface area contributed by atoms with Crippen LogP contribution in [0, 0.1) is 0 Å². The van der Waals surface area contributed by atoms with E-state index in [1.807, 2.05) is 13.0 Å². The van der Waals surface area contributed by atoms with Gasteiger partial charge in [0.05, 0.1) is 15.4 Å². The summed E-state index contributed by atoms with van der Waals surface area (Å²) >= 11 is 12.2. The maximum Gasteiger partial charge on any atom is 0.335 e. The van der Waals surface area contributed by atoms with Gasteiger partial charge in [-0.15, -0.1) is 0 Å². The van der Waals surface area contributed by atoms with E-state index < -0.39 is 5.97 Å². The summed E-state index contributed by atoms with van der Waals surface area (Å²) in [5, 5.41) is 16.9. The highest BCUT2D eigenvalue weighted by Crippen LogP contribution is 2.30. The van der Waals surface area contributed by atoms with Gasteiger partial charge in [-0.05, 0) is 55.5 Å². The van der Waals surface area contributed by atoms with Gasteiger partial charge in [0.1, 0.15) is 31.7 Å². The van der Waals surface area contributed by atoms with Crippen molar-refractivity contribution >= 4 is 92.4 Å². The first-order valence-corrected chi connectivity index (χ1v) is 16.0. The molecule has 14 heteroatoms. The number of aromatic carboxylic acids is 1. The van der Waals surface area contributed by atoms with Crippen LogP contribution in [0.2, 0.25) is 0 Å². The maximum atomic E-state index is 11.9. The van der Waals surface area contributed by atoms with Crippen molar-refractivity contribution in [3.63, 3.8) is 0 Å². The highest BCUT2D eigenvalue weighted by molar-refractivity contribution is 8.27. The summed E-state index contributed by atoms with van der Waals surface area (Å²) in [5.41, 5.74) is 2.21. The molecule has 2 aromatic carbocycles. The highest BCUT2D eigenvalue weighted by Gasteiger charge is 2.23. The molecule has 46 heavy (non-hydrogen) atoms. The number of furan rings is 2. The number of amides is 3. The molecule has 2 aromatic heterocycles. The summed E-state index contributed by atoms with van der Waals surface area (Å²) in [4.78, 5) is 47.1. The van der Waals surface area contributed by atoms with Crippen LogP contribution in [-0.4, -0.2) is 44.0 Å². The Kier molecular flexibility index (Phi) is 10.3. The van der Waals surface area contributed by atoms with Crippen molar-refractivity contribution in [1.29, 1.82) is 0 Å². The molecule has 0 aliphatic carbocycles. The van der Waals surface area contributed by atoms with E-state index in [1.54, 1.807) is 66.7 Å². The highest BCUT2D eigenvalue weighted by atomic mass is 32.2. The Morgan fingerprint density at radius 1 is 0.783 bits per heavy atom. The smallest absolute Gasteiger partial charge is 0.335 e. The number of carboxylic acid groups (broad SMARTS) is 1. The summed E-state index contributed by atoms with van der Waals surface area (Å²) in [6.45, 7) is 2.44. The van der Waals surface area contributed by atoms with E-state index in [-0.39, 0.29) is 23.3 Å². The number of carboxylic acids is 1. The average Bonchev–Trinajstić information content (AvgIpc) is 3.83. The van der Waals surface area contributed by atoms with Crippen molar-refractivity contribution in [1.82, 2.24) is 16.0 Å². The molecule has 2 fully saturated rings. The molecule has 0 radical (unpaired) electrons. The van der Waals surface area contributed by atoms with Gasteiger partial charge in [0.2, 0.25) is 0 Å². The van der Waals surface area contributed by atoms with Gasteiger partial charge in [0, 0.05) is 35.4 Å². The number of rotatable bonds is 7. The van der Waals surface area contributed by atoms with Gasteiger partial charge in [-0.1, -0.05) is 72.2 Å². The van der Waals surface area contributed by atoms with Crippen LogP contribution in [0.1, 0.15) is 39.2 Å². The summed E-state index contributed by atoms with van der Waals surface area (Å²) in [6.07, 6.45) is 3.25. The van der Waals surface area contributed by atoms with E-state index in [1.165, 1.54) is 35.7 Å². The Bertz CT molecular complexity index is 1960. The van der Waals surface area contributed by atoms with Crippen LogP contribution in [0.5, 0.6) is 0 Å². The molecule has 3 amide bonds. The molecule has 2 aliphatic rings. The van der Waals surface area contributed by atoms with Gasteiger partial charge >= 0.3 is 5.97 Å². The van der Waals surface area contributed by atoms with E-state index in [0.29, 0.717) is 59.2 Å². The fourth-order valence-corrected chi connectivity index (χ4v) is 6.20. The van der Waals surface area contributed by atoms with Gasteiger partial charge < -0.3 is 29.9 Å². The summed E-state index contributed by atoms with van der Waals surface area (Å²) in [7, 11) is 0. The van der Waals surface area contributed by atoms with Crippen LogP contribution in [0.4, 0.5) is 0 Å². The Labute approximate surface area is 281 Å². The standard InChI is InChI=1S/C17H14N2O3S2.C15H9NO4S2/c1-2-18-15(20)11-5-3-4-10(8-11)13-7-6-12(22-13)9-14-16(21)19-17(23)24-14;17-13-12(22-15(21)16-13)7-10-4-5-11(20-10)8-2-1-3-9(6-8)14(18)19/h3-9H,2H2,1H3,(H,18,20)(H,19,21,23);1-7H,(H,18,19)(H,16,17,21)/b14-9-;12-7-. The lowest BCUT2D eigenvalue weighted by Gasteiger charge is -2.03. The Hall–Kier alpha value is -4.76. The Balaban J connectivity index is 0.000000182. The zero-order chi connectivity index (χ0) is 32.8. The van der Waals surface area contributed by atoms with Crippen LogP contribution < -0.4 is 16.0 Å². The quantitative estimate of drug-likeness (QED) is 0.128. The molecule has 10 nitrogen and oxygen atoms in total. The third-order valence-electron chi connectivity index (χ3n) is 6.23. The zero-order valence-corrected chi connectivity index (χ0v) is 27.1. The fraction of sp³-hybridized carbons (Fsp3) is 0.0625. The van der Waals surface area contributed by atoms with Crippen molar-refractivity contribution < 1.29 is 33.1 Å². The topological polar surface area (TPSA) is 151 Å². The first kappa shape index (κ1) is 32.6. The lowest BCUT2D eigenvalue weighted by Crippen LogP contribution is -2.22. The molecule has 0 atom stereocenters. The molecule has 4 aromatic rings. The molecule has 2 aliphatic heterocycles. The second-order valence-electron chi connectivity index (χ2n) is 9.43. The molecule has 4 N–H and O–H groups in total. The summed E-state index contributed by atoms with van der Waals surface area (Å²) in [6, 6.07) is 20.7. The minimum atomic E-state index is -0.997. The molecule has 232 valence electrons. The van der Waals surface area contributed by atoms with Gasteiger partial charge in [-0.3, -0.25) is 14.4 Å². The van der Waals surface area contributed by atoms with Crippen LogP contribution >= 0.6 is 48.0 Å². The number of carbonyl (C=O) groups excluding carboxylic acids is 3. The van der Waals surface area contributed by atoms with Crippen LogP contribution in [-0.2, 0) is 9.59 Å². The molecular formula is C32H23N3O7S4. The second kappa shape index (κ2) is 14.6. The number of nitrogens with one attached hydrogen (secondary N) is 3. The van der Waals surface area contributed by atoms with Crippen molar-refractivity contribution in [2.24, 2.45) is 0 Å². The Morgan fingerprint density at radius 2 is 1.26 bits per heavy atom. The summed E-state index contributed by atoms with van der Waals surface area (Å²) in [5.74, 6) is 0.611. The fourth-order valence-electron chi connectivity index (χ4n) is 4.15. The number of carbonyl (C=O) groups is 4. The molecule has 0 unspecified atom stereocenters. The number of hydrogen-bond acceptors (Lipinski definition) is 10. The lowest BCUT2D eigenvalue weighted by atomic mass is 10.1. The molecule has 0 bridgehead atoms. The first-order chi connectivity index (χ1) is 22.1. The number of hydrogen-bond donors (Lipinski definition) is 4. The molecule has 0 saturated carbocycles. The van der Waals surface area contributed by atoms with E-state index in [9.17, 15) is 19.2 Å². The number of thiocarbonyl (C=S) groups is 2. The van der Waals surface area contributed by atoms with Gasteiger partial charge in [-0.2, -0.15) is 0 Å². The molecule has 2 saturated heterocycles. The number of benzene rings is 2. The number of thioether (sulfide) groups is 2. The van der Waals surface area contributed by atoms with Crippen molar-refractivity contribution in [3.8, 4) is 22.6 Å². The third kappa shape index (κ3) is 8.09. The monoisotopic (exact) mass is 689 g/mol. The minimum Gasteiger partial charge on any atom is -0.478 e. The SMILES string of the molecule is CCNC(=O)c1cccc(-c2ccc(/C=C3\SC(=S)NC3=O)o2)c1.O=C1NC(=S)S/C1=C\c1ccc(-c2cccc(C(=O)O)c2)o1. The Morgan fingerprint density at radius 3 is 1.70 bits per heavy atom. The molecule has 6 rings (SSSR count). The van der Waals surface area contributed by atoms with Crippen molar-refractivity contribution in [2.75, 3.05) is 6.54 Å². The third-order valence-corrected chi connectivity index (χ3v) is 8.55. The predicted molar refractivity (Wildman–Crippen MR) is 186 cm³/mol. The minimum absolute atomic E-state index is 0.124. The van der Waals surface area contributed by atoms with Crippen molar-refractivity contribution in [3.05, 3.63) is 105 Å². The predicted octanol–water partition coefficient (Wildman–Crippen LogP) is 6.32.